The zero-order chi connectivity index (χ0) is 17.1. The third-order valence-corrected chi connectivity index (χ3v) is 4.86. The van der Waals surface area contributed by atoms with Gasteiger partial charge in [0.15, 0.2) is 5.82 Å². The highest BCUT2D eigenvalue weighted by Crippen LogP contribution is 2.34. The predicted molar refractivity (Wildman–Crippen MR) is 93.1 cm³/mol. The van der Waals surface area contributed by atoms with Gasteiger partial charge in [-0.15, -0.1) is 11.3 Å². The van der Waals surface area contributed by atoms with E-state index in [4.69, 9.17) is 11.5 Å². The molecule has 1 aliphatic heterocycles. The maximum atomic E-state index is 11.5. The van der Waals surface area contributed by atoms with Crippen molar-refractivity contribution in [3.05, 3.63) is 24.0 Å². The van der Waals surface area contributed by atoms with Gasteiger partial charge in [-0.3, -0.25) is 10.1 Å². The van der Waals surface area contributed by atoms with Gasteiger partial charge in [-0.1, -0.05) is 0 Å². The van der Waals surface area contributed by atoms with Crippen LogP contribution in [0.3, 0.4) is 0 Å². The van der Waals surface area contributed by atoms with Gasteiger partial charge < -0.3 is 16.4 Å². The number of nitrogens with two attached hydrogens (primary N) is 2. The number of anilines is 2. The Morgan fingerprint density at radius 2 is 1.79 bits per heavy atom. The predicted octanol–water partition coefficient (Wildman–Crippen LogP) is 1.78. The summed E-state index contributed by atoms with van der Waals surface area (Å²) in [7, 11) is 0. The van der Waals surface area contributed by atoms with Gasteiger partial charge in [-0.25, -0.2) is 14.8 Å². The maximum Gasteiger partial charge on any atom is 0.317 e. The average Bonchev–Trinajstić information content (AvgIpc) is 2.99. The molecule has 0 atom stereocenters. The number of carbonyl (C=O) groups is 2. The second-order valence-corrected chi connectivity index (χ2v) is 6.57. The minimum Gasteiger partial charge on any atom is -0.369 e. The molecule has 3 rings (SSSR count). The average molecular weight is 346 g/mol. The third kappa shape index (κ3) is 3.46. The summed E-state index contributed by atoms with van der Waals surface area (Å²) in [5.74, 6) is -0.174. The zero-order valence-electron chi connectivity index (χ0n) is 13.0. The van der Waals surface area contributed by atoms with E-state index < -0.39 is 11.9 Å². The summed E-state index contributed by atoms with van der Waals surface area (Å²) in [4.78, 5) is 34.2. The third-order valence-electron chi connectivity index (χ3n) is 3.81. The van der Waals surface area contributed by atoms with E-state index in [9.17, 15) is 9.59 Å². The lowest BCUT2D eigenvalue weighted by molar-refractivity contribution is 0.100. The number of rotatable bonds is 4. The van der Waals surface area contributed by atoms with Crippen LogP contribution in [0.1, 0.15) is 29.6 Å². The van der Waals surface area contributed by atoms with Crippen molar-refractivity contribution in [1.29, 1.82) is 0 Å². The molecular weight excluding hydrogens is 328 g/mol. The summed E-state index contributed by atoms with van der Waals surface area (Å²) in [6.45, 7) is 2.03. The summed E-state index contributed by atoms with van der Waals surface area (Å²) >= 11 is 1.16. The first-order valence-electron chi connectivity index (χ1n) is 7.62. The van der Waals surface area contributed by atoms with Crippen LogP contribution in [-0.2, 0) is 0 Å². The van der Waals surface area contributed by atoms with Gasteiger partial charge in [0, 0.05) is 13.1 Å². The van der Waals surface area contributed by atoms with Crippen molar-refractivity contribution in [2.24, 2.45) is 11.5 Å². The molecule has 3 amide bonds. The number of piperidine rings is 1. The molecule has 0 saturated carbocycles. The fourth-order valence-electron chi connectivity index (χ4n) is 2.65. The Kier molecular flexibility index (Phi) is 4.61. The van der Waals surface area contributed by atoms with Crippen LogP contribution in [0.4, 0.5) is 15.5 Å². The van der Waals surface area contributed by atoms with Crippen molar-refractivity contribution in [2.75, 3.05) is 23.3 Å². The first-order chi connectivity index (χ1) is 11.5. The molecule has 1 saturated heterocycles. The number of thiophene rings is 1. The van der Waals surface area contributed by atoms with Crippen molar-refractivity contribution < 1.29 is 9.59 Å². The van der Waals surface area contributed by atoms with Crippen LogP contribution in [0.5, 0.6) is 0 Å². The molecule has 9 heteroatoms. The maximum absolute atomic E-state index is 11.5. The number of amides is 3. The smallest absolute Gasteiger partial charge is 0.317 e. The molecule has 0 radical (unpaired) electrons. The van der Waals surface area contributed by atoms with Crippen LogP contribution in [0, 0.1) is 0 Å². The van der Waals surface area contributed by atoms with E-state index in [2.05, 4.69) is 20.2 Å². The Bertz CT molecular complexity index is 752. The van der Waals surface area contributed by atoms with E-state index in [1.165, 1.54) is 19.3 Å². The number of nitrogens with zero attached hydrogens (tertiary/aromatic N) is 3. The largest absolute Gasteiger partial charge is 0.369 e. The van der Waals surface area contributed by atoms with E-state index in [0.717, 1.165) is 30.1 Å². The molecule has 8 nitrogen and oxygen atoms in total. The quantitative estimate of drug-likeness (QED) is 0.777. The molecule has 3 heterocycles. The number of aromatic nitrogens is 2. The van der Waals surface area contributed by atoms with E-state index in [1.807, 2.05) is 0 Å². The summed E-state index contributed by atoms with van der Waals surface area (Å²) in [5, 5.41) is 2.70. The molecule has 0 bridgehead atoms. The van der Waals surface area contributed by atoms with Crippen LogP contribution in [-0.4, -0.2) is 35.0 Å². The van der Waals surface area contributed by atoms with Crippen LogP contribution in [0.25, 0.3) is 10.7 Å². The first-order valence-corrected chi connectivity index (χ1v) is 8.43. The Labute approximate surface area is 142 Å². The number of primary amides is 2. The van der Waals surface area contributed by atoms with Gasteiger partial charge in [0.25, 0.3) is 5.91 Å². The summed E-state index contributed by atoms with van der Waals surface area (Å²) < 4.78 is 0. The Balaban J connectivity index is 1.85. The SMILES string of the molecule is NC(=O)Nc1sc(-c2ncc(N3CCCCC3)cn2)cc1C(N)=O. The number of hydrogen-bond acceptors (Lipinski definition) is 6. The number of hydrogen-bond donors (Lipinski definition) is 3. The standard InChI is InChI=1S/C15H18N6O2S/c16-12(22)10-6-11(24-14(10)20-15(17)23)13-18-7-9(8-19-13)21-4-2-1-3-5-21/h6-8H,1-5H2,(H2,16,22)(H3,17,20,23). The van der Waals surface area contributed by atoms with E-state index in [-0.39, 0.29) is 5.56 Å². The van der Waals surface area contributed by atoms with Gasteiger partial charge >= 0.3 is 6.03 Å². The second kappa shape index (κ2) is 6.83. The molecule has 24 heavy (non-hydrogen) atoms. The van der Waals surface area contributed by atoms with Gasteiger partial charge in [-0.05, 0) is 25.3 Å². The molecule has 2 aromatic rings. The summed E-state index contributed by atoms with van der Waals surface area (Å²) in [5.41, 5.74) is 11.6. The van der Waals surface area contributed by atoms with Gasteiger partial charge in [0.05, 0.1) is 28.5 Å². The fourth-order valence-corrected chi connectivity index (χ4v) is 3.67. The van der Waals surface area contributed by atoms with Crippen molar-refractivity contribution in [3.8, 4) is 10.7 Å². The lowest BCUT2D eigenvalue weighted by atomic mass is 10.1. The van der Waals surface area contributed by atoms with Crippen LogP contribution in [0.2, 0.25) is 0 Å². The normalized spacial score (nSPS) is 14.4. The van der Waals surface area contributed by atoms with Crippen molar-refractivity contribution in [3.63, 3.8) is 0 Å². The fraction of sp³-hybridized carbons (Fsp3) is 0.333. The Morgan fingerprint density at radius 3 is 2.38 bits per heavy atom. The molecule has 0 unspecified atom stereocenters. The second-order valence-electron chi connectivity index (χ2n) is 5.52. The summed E-state index contributed by atoms with van der Waals surface area (Å²) in [6, 6.07) is 0.807. The Hall–Kier alpha value is -2.68. The molecule has 5 N–H and O–H groups in total. The molecule has 2 aromatic heterocycles. The van der Waals surface area contributed by atoms with Crippen LogP contribution >= 0.6 is 11.3 Å². The van der Waals surface area contributed by atoms with Gasteiger partial charge in [0.1, 0.15) is 5.00 Å². The number of nitrogens with one attached hydrogen (secondary N) is 1. The number of carbonyl (C=O) groups excluding carboxylic acids is 2. The van der Waals surface area contributed by atoms with Gasteiger partial charge in [0.2, 0.25) is 0 Å². The van der Waals surface area contributed by atoms with Crippen LogP contribution < -0.4 is 21.7 Å². The molecular formula is C15H18N6O2S. The number of urea groups is 1. The first kappa shape index (κ1) is 16.2. The molecule has 126 valence electrons. The zero-order valence-corrected chi connectivity index (χ0v) is 13.8. The lowest BCUT2D eigenvalue weighted by Crippen LogP contribution is -2.29. The highest BCUT2D eigenvalue weighted by Gasteiger charge is 2.18. The minimum absolute atomic E-state index is 0.192. The van der Waals surface area contributed by atoms with Gasteiger partial charge in [-0.2, -0.15) is 0 Å². The lowest BCUT2D eigenvalue weighted by Gasteiger charge is -2.28. The minimum atomic E-state index is -0.757. The molecule has 1 aliphatic rings. The monoisotopic (exact) mass is 346 g/mol. The van der Waals surface area contributed by atoms with E-state index in [0.29, 0.717) is 15.7 Å². The van der Waals surface area contributed by atoms with Crippen molar-refractivity contribution in [1.82, 2.24) is 9.97 Å². The van der Waals surface area contributed by atoms with E-state index in [1.54, 1.807) is 18.5 Å². The highest BCUT2D eigenvalue weighted by atomic mass is 32.1. The highest BCUT2D eigenvalue weighted by molar-refractivity contribution is 7.20. The van der Waals surface area contributed by atoms with E-state index >= 15 is 0 Å². The summed E-state index contributed by atoms with van der Waals surface area (Å²) in [6.07, 6.45) is 7.17. The van der Waals surface area contributed by atoms with Crippen molar-refractivity contribution >= 4 is 34.0 Å². The topological polar surface area (TPSA) is 127 Å². The Morgan fingerprint density at radius 1 is 1.12 bits per heavy atom. The molecule has 0 aliphatic carbocycles. The van der Waals surface area contributed by atoms with Crippen molar-refractivity contribution in [2.45, 2.75) is 19.3 Å². The van der Waals surface area contributed by atoms with Crippen LogP contribution in [0.15, 0.2) is 18.5 Å². The molecule has 0 spiro atoms. The molecule has 0 aromatic carbocycles. The molecule has 1 fully saturated rings.